The van der Waals surface area contributed by atoms with Gasteiger partial charge in [0.05, 0.1) is 6.20 Å². The van der Waals surface area contributed by atoms with Gasteiger partial charge in [-0.3, -0.25) is 4.79 Å². The molecule has 2 heterocycles. The number of anilines is 1. The molecule has 3 rings (SSSR count). The molecule has 0 bridgehead atoms. The topological polar surface area (TPSA) is 98.8 Å². The number of hydrogen-bond acceptors (Lipinski definition) is 6. The van der Waals surface area contributed by atoms with Gasteiger partial charge in [-0.05, 0) is 43.2 Å². The van der Waals surface area contributed by atoms with Crippen LogP contribution in [0.3, 0.4) is 0 Å². The number of aromatic nitrogens is 1. The van der Waals surface area contributed by atoms with E-state index >= 15 is 4.39 Å². The highest BCUT2D eigenvalue weighted by atomic mass is 19.4. The van der Waals surface area contributed by atoms with Gasteiger partial charge in [-0.25, -0.2) is 18.8 Å². The van der Waals surface area contributed by atoms with Crippen molar-refractivity contribution >= 4 is 17.6 Å². The molecular weight excluding hydrogens is 520 g/mol. The zero-order chi connectivity index (χ0) is 27.8. The molecule has 15 heteroatoms. The zero-order valence-corrected chi connectivity index (χ0v) is 19.2. The first-order valence-electron chi connectivity index (χ1n) is 10.5. The fourth-order valence-electron chi connectivity index (χ4n) is 3.69. The monoisotopic (exact) mass is 540 g/mol. The number of aliphatic imine (C=N–C) groups is 1. The van der Waals surface area contributed by atoms with E-state index in [-0.39, 0.29) is 28.3 Å². The second-order valence-corrected chi connectivity index (χ2v) is 8.32. The Balaban J connectivity index is 1.92. The number of aryl methyl sites for hydroxylation is 2. The van der Waals surface area contributed by atoms with Gasteiger partial charge < -0.3 is 20.5 Å². The summed E-state index contributed by atoms with van der Waals surface area (Å²) in [7, 11) is 0. The van der Waals surface area contributed by atoms with Crippen LogP contribution in [0.4, 0.5) is 40.8 Å². The number of alkyl halides is 7. The molecule has 37 heavy (non-hydrogen) atoms. The van der Waals surface area contributed by atoms with E-state index in [0.717, 1.165) is 24.4 Å². The molecule has 1 amide bonds. The maximum absolute atomic E-state index is 15.1. The predicted molar refractivity (Wildman–Crippen MR) is 114 cm³/mol. The number of carbonyl (C=O) groups excluding carboxylic acids is 1. The van der Waals surface area contributed by atoms with E-state index in [9.17, 15) is 35.5 Å². The first-order chi connectivity index (χ1) is 17.0. The smallest absolute Gasteiger partial charge is 0.425 e. The van der Waals surface area contributed by atoms with Crippen molar-refractivity contribution in [3.05, 3.63) is 52.6 Å². The van der Waals surface area contributed by atoms with Crippen LogP contribution in [-0.2, 0) is 10.3 Å². The van der Waals surface area contributed by atoms with Gasteiger partial charge in [-0.2, -0.15) is 26.3 Å². The van der Waals surface area contributed by atoms with Crippen LogP contribution >= 0.6 is 0 Å². The number of halogens is 8. The van der Waals surface area contributed by atoms with E-state index in [0.29, 0.717) is 0 Å². The zero-order valence-electron chi connectivity index (χ0n) is 19.2. The molecule has 0 radical (unpaired) electrons. The van der Waals surface area contributed by atoms with Crippen LogP contribution in [0.25, 0.3) is 0 Å². The fourth-order valence-corrected chi connectivity index (χ4v) is 3.69. The third-order valence-corrected chi connectivity index (χ3v) is 5.38. The first kappa shape index (κ1) is 27.9. The molecule has 2 aromatic rings. The van der Waals surface area contributed by atoms with E-state index in [1.54, 1.807) is 0 Å². The highest BCUT2D eigenvalue weighted by molar-refractivity contribution is 6.04. The van der Waals surface area contributed by atoms with Gasteiger partial charge in [0, 0.05) is 17.7 Å². The highest BCUT2D eigenvalue weighted by Crippen LogP contribution is 2.42. The summed E-state index contributed by atoms with van der Waals surface area (Å²) >= 11 is 0. The second-order valence-electron chi connectivity index (χ2n) is 8.32. The Morgan fingerprint density at radius 1 is 1.19 bits per heavy atom. The molecule has 1 aromatic carbocycles. The van der Waals surface area contributed by atoms with Gasteiger partial charge >= 0.3 is 12.4 Å². The van der Waals surface area contributed by atoms with Crippen LogP contribution in [0.1, 0.15) is 33.6 Å². The summed E-state index contributed by atoms with van der Waals surface area (Å²) in [6.45, 7) is -0.513. The van der Waals surface area contributed by atoms with Gasteiger partial charge in [0.1, 0.15) is 29.5 Å². The Hall–Kier alpha value is -3.65. The number of amidine groups is 1. The van der Waals surface area contributed by atoms with Crippen molar-refractivity contribution in [3.8, 4) is 5.75 Å². The van der Waals surface area contributed by atoms with Crippen molar-refractivity contribution < 1.29 is 49.4 Å². The molecule has 1 aromatic heterocycles. The van der Waals surface area contributed by atoms with E-state index in [1.807, 2.05) is 0 Å². The average Bonchev–Trinajstić information content (AvgIpc) is 2.78. The van der Waals surface area contributed by atoms with Gasteiger partial charge in [0.2, 0.25) is 0 Å². The summed E-state index contributed by atoms with van der Waals surface area (Å²) in [5.41, 5.74) is 2.00. The number of ether oxygens (including phenoxy) is 2. The minimum absolute atomic E-state index is 0.130. The molecule has 202 valence electrons. The van der Waals surface area contributed by atoms with Gasteiger partial charge in [-0.15, -0.1) is 0 Å². The molecule has 2 unspecified atom stereocenters. The average molecular weight is 540 g/mol. The Labute approximate surface area is 204 Å². The molecule has 2 atom stereocenters. The lowest BCUT2D eigenvalue weighted by Crippen LogP contribution is -2.48. The Morgan fingerprint density at radius 2 is 1.86 bits per heavy atom. The number of nitrogens with zero attached hydrogens (tertiary/aromatic N) is 2. The second kappa shape index (κ2) is 10.0. The maximum atomic E-state index is 15.1. The molecule has 0 spiro atoms. The van der Waals surface area contributed by atoms with Crippen molar-refractivity contribution in [1.82, 2.24) is 4.98 Å². The maximum Gasteiger partial charge on any atom is 0.425 e. The molecule has 1 aliphatic rings. The van der Waals surface area contributed by atoms with Crippen molar-refractivity contribution in [2.24, 2.45) is 10.7 Å². The summed E-state index contributed by atoms with van der Waals surface area (Å²) in [5, 5.41) is 2.37. The van der Waals surface area contributed by atoms with Crippen LogP contribution in [0.15, 0.2) is 29.4 Å². The van der Waals surface area contributed by atoms with Crippen molar-refractivity contribution in [2.75, 3.05) is 18.6 Å². The largest absolute Gasteiger partial charge is 0.482 e. The molecule has 7 nitrogen and oxygen atoms in total. The minimum atomic E-state index is -4.95. The SMILES string of the molecule is Cc1cc(OCC(F)(F)F)cnc1C(=O)Nc1cc(C)c(F)c(C2(CF)CC(C(F)(F)F)OC(N)=N2)c1. The van der Waals surface area contributed by atoms with Gasteiger partial charge in [-0.1, -0.05) is 0 Å². The minimum Gasteiger partial charge on any atom is -0.482 e. The number of benzene rings is 1. The van der Waals surface area contributed by atoms with E-state index in [2.05, 4.69) is 24.8 Å². The number of carbonyl (C=O) groups is 1. The van der Waals surface area contributed by atoms with Crippen LogP contribution in [0.5, 0.6) is 5.75 Å². The molecule has 0 saturated carbocycles. The fraction of sp³-hybridized carbons (Fsp3) is 0.409. The van der Waals surface area contributed by atoms with Crippen LogP contribution in [0.2, 0.25) is 0 Å². The van der Waals surface area contributed by atoms with Crippen LogP contribution in [0, 0.1) is 19.7 Å². The van der Waals surface area contributed by atoms with E-state index < -0.39 is 67.0 Å². The third-order valence-electron chi connectivity index (χ3n) is 5.38. The summed E-state index contributed by atoms with van der Waals surface area (Å²) < 4.78 is 115. The standard InChI is InChI=1S/C22H20F8N4O3/c1-10-3-12(33-18(35)17-11(2)4-13(7-32-17)36-9-21(25,26)27)5-14(16(10)24)20(8-23)6-15(22(28,29)30)37-19(31)34-20/h3-5,7,15H,6,8-9H2,1-2H3,(H2,31,34)(H,33,35). The van der Waals surface area contributed by atoms with Crippen molar-refractivity contribution in [3.63, 3.8) is 0 Å². The third kappa shape index (κ3) is 6.38. The first-order valence-corrected chi connectivity index (χ1v) is 10.5. The Kier molecular flexibility index (Phi) is 7.56. The number of nitrogens with one attached hydrogen (secondary N) is 1. The van der Waals surface area contributed by atoms with Gasteiger partial charge in [0.25, 0.3) is 11.9 Å². The number of amides is 1. The summed E-state index contributed by atoms with van der Waals surface area (Å²) in [5.74, 6) is -2.19. The number of pyridine rings is 1. The van der Waals surface area contributed by atoms with Crippen LogP contribution < -0.4 is 15.8 Å². The molecule has 0 saturated heterocycles. The van der Waals surface area contributed by atoms with Gasteiger partial charge in [0.15, 0.2) is 12.7 Å². The lowest BCUT2D eigenvalue weighted by Gasteiger charge is -2.37. The van der Waals surface area contributed by atoms with Crippen LogP contribution in [-0.4, -0.2) is 48.7 Å². The molecule has 1 aliphatic heterocycles. The highest BCUT2D eigenvalue weighted by Gasteiger charge is 2.52. The number of nitrogens with two attached hydrogens (primary N) is 1. The predicted octanol–water partition coefficient (Wildman–Crippen LogP) is 4.86. The summed E-state index contributed by atoms with van der Waals surface area (Å²) in [4.78, 5) is 20.2. The van der Waals surface area contributed by atoms with Crippen molar-refractivity contribution in [2.45, 2.75) is 44.3 Å². The lowest BCUT2D eigenvalue weighted by molar-refractivity contribution is -0.209. The molecule has 0 fully saturated rings. The molecular formula is C22H20F8N4O3. The van der Waals surface area contributed by atoms with E-state index in [1.165, 1.54) is 13.8 Å². The Bertz CT molecular complexity index is 1220. The normalized spacial score (nSPS) is 20.2. The summed E-state index contributed by atoms with van der Waals surface area (Å²) in [6.07, 6.45) is -12.3. The lowest BCUT2D eigenvalue weighted by atomic mass is 9.83. The Morgan fingerprint density at radius 3 is 2.43 bits per heavy atom. The number of rotatable bonds is 6. The quantitative estimate of drug-likeness (QED) is 0.510. The molecule has 0 aliphatic carbocycles. The van der Waals surface area contributed by atoms with Crippen molar-refractivity contribution in [1.29, 1.82) is 0 Å². The van der Waals surface area contributed by atoms with E-state index in [4.69, 9.17) is 5.73 Å². The number of hydrogen-bond donors (Lipinski definition) is 2. The molecule has 3 N–H and O–H groups in total. The summed E-state index contributed by atoms with van der Waals surface area (Å²) in [6, 6.07) is 2.23.